The standard InChI is InChI=1S/C10H14NO2.HI/c1-8(2)13-10(12)9-4-6-11(3)7-5-9;/h4-8H,1-3H3;1H/q+1;/p-1. The van der Waals surface area contributed by atoms with E-state index in [0.717, 1.165) is 0 Å². The van der Waals surface area contributed by atoms with Crippen molar-refractivity contribution in [2.75, 3.05) is 0 Å². The predicted octanol–water partition coefficient (Wildman–Crippen LogP) is -1.92. The largest absolute Gasteiger partial charge is 1.00 e. The molecule has 0 aliphatic heterocycles. The second-order valence-corrected chi connectivity index (χ2v) is 3.21. The van der Waals surface area contributed by atoms with Gasteiger partial charge >= 0.3 is 5.97 Å². The molecule has 0 unspecified atom stereocenters. The van der Waals surface area contributed by atoms with Gasteiger partial charge in [0.15, 0.2) is 12.4 Å². The molecule has 0 bridgehead atoms. The number of carbonyl (C=O) groups is 1. The molecule has 4 heteroatoms. The average Bonchev–Trinajstić information content (AvgIpc) is 2.04. The van der Waals surface area contributed by atoms with E-state index in [1.54, 1.807) is 12.1 Å². The maximum Gasteiger partial charge on any atom is 0.338 e. The summed E-state index contributed by atoms with van der Waals surface area (Å²) in [5.74, 6) is -0.268. The first kappa shape index (κ1) is 13.4. The maximum atomic E-state index is 11.3. The first-order valence-corrected chi connectivity index (χ1v) is 4.26. The van der Waals surface area contributed by atoms with Crippen LogP contribution in [0.4, 0.5) is 0 Å². The minimum absolute atomic E-state index is 0. The Morgan fingerprint density at radius 1 is 1.36 bits per heavy atom. The number of hydrogen-bond donors (Lipinski definition) is 0. The third-order valence-corrected chi connectivity index (χ3v) is 1.56. The normalized spacial score (nSPS) is 9.43. The van der Waals surface area contributed by atoms with Gasteiger partial charge in [-0.1, -0.05) is 0 Å². The van der Waals surface area contributed by atoms with Crippen molar-refractivity contribution in [2.45, 2.75) is 20.0 Å². The minimum atomic E-state index is -0.268. The summed E-state index contributed by atoms with van der Waals surface area (Å²) in [5.41, 5.74) is 0.590. The van der Waals surface area contributed by atoms with Gasteiger partial charge in [0.05, 0.1) is 11.7 Å². The van der Waals surface area contributed by atoms with Crippen LogP contribution in [0.25, 0.3) is 0 Å². The fourth-order valence-electron chi connectivity index (χ4n) is 0.919. The number of hydrogen-bond acceptors (Lipinski definition) is 2. The molecule has 0 aliphatic rings. The summed E-state index contributed by atoms with van der Waals surface area (Å²) in [6.07, 6.45) is 3.56. The number of ether oxygens (including phenoxy) is 1. The number of rotatable bonds is 2. The molecule has 0 aromatic carbocycles. The lowest BCUT2D eigenvalue weighted by molar-refractivity contribution is -0.671. The highest BCUT2D eigenvalue weighted by atomic mass is 127. The Labute approximate surface area is 101 Å². The molecular formula is C10H14INO2. The zero-order chi connectivity index (χ0) is 9.84. The van der Waals surface area contributed by atoms with Gasteiger partial charge in [-0.3, -0.25) is 0 Å². The van der Waals surface area contributed by atoms with Crippen molar-refractivity contribution < 1.29 is 38.1 Å². The summed E-state index contributed by atoms with van der Waals surface area (Å²) in [5, 5.41) is 0. The van der Waals surface area contributed by atoms with Crippen LogP contribution in [0.2, 0.25) is 0 Å². The number of esters is 1. The number of pyridine rings is 1. The third kappa shape index (κ3) is 4.04. The molecule has 3 nitrogen and oxygen atoms in total. The number of nitrogens with zero attached hydrogens (tertiary/aromatic N) is 1. The second-order valence-electron chi connectivity index (χ2n) is 3.21. The second kappa shape index (κ2) is 5.95. The molecule has 1 aromatic heterocycles. The van der Waals surface area contributed by atoms with Crippen LogP contribution < -0.4 is 28.5 Å². The fraction of sp³-hybridized carbons (Fsp3) is 0.400. The number of aryl methyl sites for hydroxylation is 1. The van der Waals surface area contributed by atoms with Gasteiger partial charge in [0.25, 0.3) is 0 Å². The molecule has 0 radical (unpaired) electrons. The van der Waals surface area contributed by atoms with Crippen LogP contribution in [0.3, 0.4) is 0 Å². The third-order valence-electron chi connectivity index (χ3n) is 1.56. The predicted molar refractivity (Wildman–Crippen MR) is 48.2 cm³/mol. The van der Waals surface area contributed by atoms with Gasteiger partial charge in [0.2, 0.25) is 0 Å². The first-order chi connectivity index (χ1) is 6.09. The van der Waals surface area contributed by atoms with E-state index < -0.39 is 0 Å². The summed E-state index contributed by atoms with van der Waals surface area (Å²) < 4.78 is 6.90. The van der Waals surface area contributed by atoms with Gasteiger partial charge in [-0.05, 0) is 13.8 Å². The molecule has 0 saturated carbocycles. The lowest BCUT2D eigenvalue weighted by Gasteiger charge is -2.06. The van der Waals surface area contributed by atoms with Crippen molar-refractivity contribution in [3.8, 4) is 0 Å². The van der Waals surface area contributed by atoms with E-state index >= 15 is 0 Å². The molecule has 0 N–H and O–H groups in total. The van der Waals surface area contributed by atoms with Crippen molar-refractivity contribution >= 4 is 5.97 Å². The van der Waals surface area contributed by atoms with E-state index in [1.165, 1.54) is 0 Å². The summed E-state index contributed by atoms with van der Waals surface area (Å²) >= 11 is 0. The lowest BCUT2D eigenvalue weighted by atomic mass is 10.3. The number of carbonyl (C=O) groups excluding carboxylic acids is 1. The smallest absolute Gasteiger partial charge is 0.338 e. The van der Waals surface area contributed by atoms with Crippen LogP contribution in [-0.4, -0.2) is 12.1 Å². The maximum absolute atomic E-state index is 11.3. The van der Waals surface area contributed by atoms with Gasteiger partial charge in [0.1, 0.15) is 7.05 Å². The Morgan fingerprint density at radius 3 is 2.29 bits per heavy atom. The summed E-state index contributed by atoms with van der Waals surface area (Å²) in [4.78, 5) is 11.3. The quantitative estimate of drug-likeness (QED) is 0.362. The van der Waals surface area contributed by atoms with E-state index in [9.17, 15) is 4.79 Å². The Hall–Kier alpha value is -0.650. The van der Waals surface area contributed by atoms with Gasteiger partial charge in [0, 0.05) is 12.1 Å². The van der Waals surface area contributed by atoms with E-state index in [2.05, 4.69) is 0 Å². The van der Waals surface area contributed by atoms with Crippen LogP contribution >= 0.6 is 0 Å². The molecule has 0 spiro atoms. The van der Waals surface area contributed by atoms with E-state index in [4.69, 9.17) is 4.74 Å². The average molecular weight is 307 g/mol. The molecular weight excluding hydrogens is 293 g/mol. The van der Waals surface area contributed by atoms with E-state index in [1.807, 2.05) is 37.9 Å². The first-order valence-electron chi connectivity index (χ1n) is 4.26. The minimum Gasteiger partial charge on any atom is -1.00 e. The van der Waals surface area contributed by atoms with E-state index in [0.29, 0.717) is 5.56 Å². The SMILES string of the molecule is CC(C)OC(=O)c1cc[n+](C)cc1.[I-]. The molecule has 0 saturated heterocycles. The molecule has 0 fully saturated rings. The van der Waals surface area contributed by atoms with Crippen LogP contribution in [-0.2, 0) is 11.8 Å². The van der Waals surface area contributed by atoms with E-state index in [-0.39, 0.29) is 36.0 Å². The molecule has 1 heterocycles. The zero-order valence-electron chi connectivity index (χ0n) is 8.53. The fourth-order valence-corrected chi connectivity index (χ4v) is 0.919. The summed E-state index contributed by atoms with van der Waals surface area (Å²) in [7, 11) is 1.90. The molecule has 1 rings (SSSR count). The molecule has 0 amide bonds. The van der Waals surface area contributed by atoms with Gasteiger partial charge in [-0.2, -0.15) is 0 Å². The highest BCUT2D eigenvalue weighted by Crippen LogP contribution is 2.00. The highest BCUT2D eigenvalue weighted by Gasteiger charge is 2.09. The topological polar surface area (TPSA) is 30.2 Å². The van der Waals surface area contributed by atoms with Gasteiger partial charge < -0.3 is 28.7 Å². The van der Waals surface area contributed by atoms with Crippen LogP contribution in [0, 0.1) is 0 Å². The molecule has 1 aromatic rings. The van der Waals surface area contributed by atoms with Crippen LogP contribution in [0.1, 0.15) is 24.2 Å². The molecule has 78 valence electrons. The lowest BCUT2D eigenvalue weighted by Crippen LogP contribution is -3.00. The Balaban J connectivity index is 0.00000169. The Morgan fingerprint density at radius 2 is 1.86 bits per heavy atom. The number of aromatic nitrogens is 1. The van der Waals surface area contributed by atoms with Gasteiger partial charge in [-0.25, -0.2) is 9.36 Å². The van der Waals surface area contributed by atoms with Crippen LogP contribution in [0.15, 0.2) is 24.5 Å². The molecule has 14 heavy (non-hydrogen) atoms. The highest BCUT2D eigenvalue weighted by molar-refractivity contribution is 5.89. The van der Waals surface area contributed by atoms with Crippen molar-refractivity contribution in [3.05, 3.63) is 30.1 Å². The van der Waals surface area contributed by atoms with Crippen molar-refractivity contribution in [1.82, 2.24) is 0 Å². The molecule has 0 atom stereocenters. The Kier molecular flexibility index (Phi) is 5.68. The Bertz CT molecular complexity index is 295. The monoisotopic (exact) mass is 307 g/mol. The molecule has 0 aliphatic carbocycles. The van der Waals surface area contributed by atoms with Gasteiger partial charge in [-0.15, -0.1) is 0 Å². The summed E-state index contributed by atoms with van der Waals surface area (Å²) in [6.45, 7) is 3.67. The van der Waals surface area contributed by atoms with Crippen molar-refractivity contribution in [3.63, 3.8) is 0 Å². The van der Waals surface area contributed by atoms with Crippen LogP contribution in [0.5, 0.6) is 0 Å². The summed E-state index contributed by atoms with van der Waals surface area (Å²) in [6, 6.07) is 3.48. The van der Waals surface area contributed by atoms with Crippen molar-refractivity contribution in [2.24, 2.45) is 7.05 Å². The number of halogens is 1. The van der Waals surface area contributed by atoms with Crippen molar-refractivity contribution in [1.29, 1.82) is 0 Å². The zero-order valence-corrected chi connectivity index (χ0v) is 10.7.